The highest BCUT2D eigenvalue weighted by Gasteiger charge is 2.26. The molecule has 3 aromatic rings. The van der Waals surface area contributed by atoms with Crippen LogP contribution in [-0.4, -0.2) is 67.2 Å². The van der Waals surface area contributed by atoms with Gasteiger partial charge in [0.15, 0.2) is 11.5 Å². The molecule has 0 radical (unpaired) electrons. The molecule has 10 nitrogen and oxygen atoms in total. The Morgan fingerprint density at radius 3 is 2.49 bits per heavy atom. The summed E-state index contributed by atoms with van der Waals surface area (Å²) in [6.45, 7) is 1.78. The monoisotopic (exact) mass is 508 g/mol. The molecule has 196 valence electrons. The number of rotatable bonds is 10. The fourth-order valence-corrected chi connectivity index (χ4v) is 4.50. The number of nitrogens with one attached hydrogen (secondary N) is 1. The molecule has 0 aliphatic carbocycles. The first-order valence-electron chi connectivity index (χ1n) is 12.1. The number of carbonyl (C=O) groups is 2. The third-order valence-corrected chi connectivity index (χ3v) is 6.39. The van der Waals surface area contributed by atoms with Crippen molar-refractivity contribution in [2.45, 2.75) is 25.3 Å². The average molecular weight is 509 g/mol. The van der Waals surface area contributed by atoms with Crippen molar-refractivity contribution in [3.63, 3.8) is 0 Å². The number of likely N-dealkylation sites (tertiary alicyclic amines) is 1. The van der Waals surface area contributed by atoms with Gasteiger partial charge < -0.3 is 33.4 Å². The number of imidazole rings is 1. The van der Waals surface area contributed by atoms with Crippen molar-refractivity contribution in [3.05, 3.63) is 66.1 Å². The number of aromatic nitrogens is 2. The first-order valence-corrected chi connectivity index (χ1v) is 12.1. The summed E-state index contributed by atoms with van der Waals surface area (Å²) in [5, 5.41) is 2.64. The maximum Gasteiger partial charge on any atom is 0.244 e. The van der Waals surface area contributed by atoms with Crippen LogP contribution in [0.1, 0.15) is 35.9 Å². The Kier molecular flexibility index (Phi) is 8.50. The summed E-state index contributed by atoms with van der Waals surface area (Å²) in [5.74, 6) is 3.12. The van der Waals surface area contributed by atoms with Gasteiger partial charge in [0, 0.05) is 44.0 Å². The predicted octanol–water partition coefficient (Wildman–Crippen LogP) is 3.09. The molecule has 1 aliphatic heterocycles. The molecular weight excluding hydrogens is 476 g/mol. The van der Waals surface area contributed by atoms with Gasteiger partial charge in [-0.2, -0.15) is 0 Å². The van der Waals surface area contributed by atoms with E-state index in [2.05, 4.69) is 14.9 Å². The maximum absolute atomic E-state index is 12.6. The Morgan fingerprint density at radius 2 is 1.86 bits per heavy atom. The minimum absolute atomic E-state index is 0.0399. The number of methoxy groups -OCH3 is 3. The largest absolute Gasteiger partial charge is 0.493 e. The van der Waals surface area contributed by atoms with E-state index in [0.29, 0.717) is 42.6 Å². The van der Waals surface area contributed by atoms with Gasteiger partial charge in [-0.1, -0.05) is 0 Å². The van der Waals surface area contributed by atoms with E-state index in [4.69, 9.17) is 18.6 Å². The number of nitrogens with zero attached hydrogens (tertiary/aromatic N) is 3. The number of hydrogen-bond acceptors (Lipinski definition) is 7. The predicted molar refractivity (Wildman–Crippen MR) is 137 cm³/mol. The Bertz CT molecular complexity index is 1200. The SMILES string of the molecule is COc1cc(Cn2ccnc2C2CCN(C(=O)CNC(=O)C=Cc3ccco3)CC2)cc(OC)c1OC. The van der Waals surface area contributed by atoms with Crippen molar-refractivity contribution in [2.75, 3.05) is 41.0 Å². The standard InChI is InChI=1S/C27H32N4O6/c1-34-22-15-19(16-23(35-2)26(22)36-3)18-31-13-10-28-27(31)20-8-11-30(12-9-20)25(33)17-29-24(32)7-6-21-5-4-14-37-21/h4-7,10,13-16,20H,8-9,11-12,17-18H2,1-3H3,(H,29,32). The highest BCUT2D eigenvalue weighted by atomic mass is 16.5. The Labute approximate surface area is 215 Å². The second kappa shape index (κ2) is 12.2. The molecule has 0 unspecified atom stereocenters. The topological polar surface area (TPSA) is 108 Å². The molecule has 1 aromatic carbocycles. The zero-order valence-electron chi connectivity index (χ0n) is 21.3. The fourth-order valence-electron chi connectivity index (χ4n) is 4.50. The van der Waals surface area contributed by atoms with Gasteiger partial charge in [-0.3, -0.25) is 9.59 Å². The van der Waals surface area contributed by atoms with Gasteiger partial charge in [-0.05, 0) is 48.7 Å². The van der Waals surface area contributed by atoms with Crippen molar-refractivity contribution < 1.29 is 28.2 Å². The molecule has 1 fully saturated rings. The van der Waals surface area contributed by atoms with Gasteiger partial charge in [0.05, 0.1) is 34.1 Å². The zero-order chi connectivity index (χ0) is 26.2. The molecule has 1 N–H and O–H groups in total. The van der Waals surface area contributed by atoms with Crippen LogP contribution in [0, 0.1) is 0 Å². The van der Waals surface area contributed by atoms with E-state index in [1.54, 1.807) is 50.6 Å². The number of carbonyl (C=O) groups excluding carboxylic acids is 2. The zero-order valence-corrected chi connectivity index (χ0v) is 21.3. The summed E-state index contributed by atoms with van der Waals surface area (Å²) in [6.07, 6.45) is 9.80. The highest BCUT2D eigenvalue weighted by Crippen LogP contribution is 2.38. The third kappa shape index (κ3) is 6.32. The summed E-state index contributed by atoms with van der Waals surface area (Å²) in [5.41, 5.74) is 0.998. The lowest BCUT2D eigenvalue weighted by molar-refractivity contribution is -0.133. The normalized spacial score (nSPS) is 14.1. The number of hydrogen-bond donors (Lipinski definition) is 1. The summed E-state index contributed by atoms with van der Waals surface area (Å²) in [6, 6.07) is 7.36. The molecule has 4 rings (SSSR count). The second-order valence-corrected chi connectivity index (χ2v) is 8.67. The first kappa shape index (κ1) is 25.9. The van der Waals surface area contributed by atoms with Crippen LogP contribution in [0.3, 0.4) is 0 Å². The summed E-state index contributed by atoms with van der Waals surface area (Å²) in [7, 11) is 4.78. The minimum atomic E-state index is -0.339. The van der Waals surface area contributed by atoms with Gasteiger partial charge in [0.25, 0.3) is 0 Å². The van der Waals surface area contributed by atoms with Crippen LogP contribution in [0.4, 0.5) is 0 Å². The van der Waals surface area contributed by atoms with Gasteiger partial charge in [-0.15, -0.1) is 0 Å². The lowest BCUT2D eigenvalue weighted by Crippen LogP contribution is -2.43. The molecule has 0 spiro atoms. The van der Waals surface area contributed by atoms with Gasteiger partial charge in [0.1, 0.15) is 11.6 Å². The summed E-state index contributed by atoms with van der Waals surface area (Å²) < 4.78 is 23.7. The number of benzene rings is 1. The van der Waals surface area contributed by atoms with Crippen molar-refractivity contribution in [1.29, 1.82) is 0 Å². The quantitative estimate of drug-likeness (QED) is 0.419. The minimum Gasteiger partial charge on any atom is -0.493 e. The smallest absolute Gasteiger partial charge is 0.244 e. The second-order valence-electron chi connectivity index (χ2n) is 8.67. The van der Waals surface area contributed by atoms with Gasteiger partial charge in [0.2, 0.25) is 17.6 Å². The third-order valence-electron chi connectivity index (χ3n) is 6.39. The van der Waals surface area contributed by atoms with Crippen LogP contribution >= 0.6 is 0 Å². The molecule has 0 bridgehead atoms. The number of amides is 2. The van der Waals surface area contributed by atoms with E-state index in [-0.39, 0.29) is 24.3 Å². The molecule has 10 heteroatoms. The summed E-state index contributed by atoms with van der Waals surface area (Å²) in [4.78, 5) is 31.0. The number of furan rings is 1. The van der Waals surface area contributed by atoms with Crippen LogP contribution in [0.25, 0.3) is 6.08 Å². The van der Waals surface area contributed by atoms with E-state index >= 15 is 0 Å². The molecular formula is C27H32N4O6. The van der Waals surface area contributed by atoms with E-state index in [1.165, 1.54) is 12.3 Å². The van der Waals surface area contributed by atoms with Crippen molar-refractivity contribution >= 4 is 17.9 Å². The molecule has 1 aliphatic rings. The first-order chi connectivity index (χ1) is 18.0. The molecule has 1 saturated heterocycles. The highest BCUT2D eigenvalue weighted by molar-refractivity contribution is 5.94. The van der Waals surface area contributed by atoms with Crippen LogP contribution in [0.5, 0.6) is 17.2 Å². The maximum atomic E-state index is 12.6. The Morgan fingerprint density at radius 1 is 1.14 bits per heavy atom. The molecule has 3 heterocycles. The van der Waals surface area contributed by atoms with E-state index in [0.717, 1.165) is 24.2 Å². The number of ether oxygens (including phenoxy) is 3. The molecule has 2 aromatic heterocycles. The van der Waals surface area contributed by atoms with Crippen LogP contribution in [-0.2, 0) is 16.1 Å². The van der Waals surface area contributed by atoms with Crippen molar-refractivity contribution in [1.82, 2.24) is 19.8 Å². The van der Waals surface area contributed by atoms with E-state index in [1.807, 2.05) is 18.3 Å². The van der Waals surface area contributed by atoms with Gasteiger partial charge in [-0.25, -0.2) is 4.98 Å². The molecule has 0 atom stereocenters. The van der Waals surface area contributed by atoms with E-state index in [9.17, 15) is 9.59 Å². The van der Waals surface area contributed by atoms with Gasteiger partial charge >= 0.3 is 0 Å². The van der Waals surface area contributed by atoms with Crippen LogP contribution in [0.15, 0.2) is 53.4 Å². The summed E-state index contributed by atoms with van der Waals surface area (Å²) >= 11 is 0. The van der Waals surface area contributed by atoms with E-state index < -0.39 is 0 Å². The number of piperidine rings is 1. The average Bonchev–Trinajstić information content (AvgIpc) is 3.62. The van der Waals surface area contributed by atoms with Crippen molar-refractivity contribution in [3.8, 4) is 17.2 Å². The fraction of sp³-hybridized carbons (Fsp3) is 0.370. The van der Waals surface area contributed by atoms with Crippen LogP contribution < -0.4 is 19.5 Å². The molecule has 37 heavy (non-hydrogen) atoms. The van der Waals surface area contributed by atoms with Crippen molar-refractivity contribution in [2.24, 2.45) is 0 Å². The lowest BCUT2D eigenvalue weighted by atomic mass is 9.95. The molecule has 0 saturated carbocycles. The van der Waals surface area contributed by atoms with Crippen LogP contribution in [0.2, 0.25) is 0 Å². The molecule has 2 amide bonds. The Hall–Kier alpha value is -4.21. The lowest BCUT2D eigenvalue weighted by Gasteiger charge is -2.32. The Balaban J connectivity index is 1.32.